The predicted octanol–water partition coefficient (Wildman–Crippen LogP) is 16.9. The zero-order valence-electron chi connectivity index (χ0n) is 35.4. The second kappa shape index (κ2) is 16.8. The summed E-state index contributed by atoms with van der Waals surface area (Å²) in [4.78, 5) is 4.62. The van der Waals surface area contributed by atoms with Crippen LogP contribution < -0.4 is 9.80 Å². The van der Waals surface area contributed by atoms with E-state index in [0.29, 0.717) is 0 Å². The highest BCUT2D eigenvalue weighted by Crippen LogP contribution is 2.44. The number of hydrogen-bond donors (Lipinski definition) is 0. The van der Waals surface area contributed by atoms with Gasteiger partial charge in [-0.05, 0) is 136 Å². The number of para-hydroxylation sites is 4. The summed E-state index contributed by atoms with van der Waals surface area (Å²) in [6.07, 6.45) is 8.62. The fraction of sp³-hybridized carbons (Fsp3) is 0.0164. The molecule has 3 nitrogen and oxygen atoms in total. The maximum atomic E-state index is 4.54. The Labute approximate surface area is 375 Å². The van der Waals surface area contributed by atoms with E-state index in [-0.39, 0.29) is 0 Å². The first-order valence-corrected chi connectivity index (χ1v) is 21.9. The van der Waals surface area contributed by atoms with Crippen LogP contribution >= 0.6 is 0 Å². The van der Waals surface area contributed by atoms with Crippen LogP contribution in [0.2, 0.25) is 0 Å². The van der Waals surface area contributed by atoms with Crippen LogP contribution in [0, 0.1) is 0 Å². The van der Waals surface area contributed by atoms with Crippen molar-refractivity contribution in [2.45, 2.75) is 6.54 Å². The zero-order valence-corrected chi connectivity index (χ0v) is 35.4. The van der Waals surface area contributed by atoms with Crippen molar-refractivity contribution < 1.29 is 0 Å². The monoisotopic (exact) mass is 819 g/mol. The SMILES string of the molecule is C=C1/C=C\C=C/Cn2c3ccc(-c4ccc(N(c5ccccc5)c5ccccc5)cc4)cc3c3cc(-c4ccc(N(c5ccccc5)c5ccccc5)cc4)cc(c32)-c2ccccc21. The van der Waals surface area contributed by atoms with Gasteiger partial charge in [-0.25, -0.2) is 0 Å². The fourth-order valence-electron chi connectivity index (χ4n) is 9.29. The molecule has 0 saturated heterocycles. The summed E-state index contributed by atoms with van der Waals surface area (Å²) in [6, 6.07) is 80.8. The van der Waals surface area contributed by atoms with E-state index in [0.717, 1.165) is 62.9 Å². The van der Waals surface area contributed by atoms with Gasteiger partial charge in [0.2, 0.25) is 0 Å². The summed E-state index contributed by atoms with van der Waals surface area (Å²) in [7, 11) is 0. The van der Waals surface area contributed by atoms with E-state index in [9.17, 15) is 0 Å². The molecule has 1 aliphatic rings. The highest BCUT2D eigenvalue weighted by Gasteiger charge is 2.21. The highest BCUT2D eigenvalue weighted by atomic mass is 15.1. The van der Waals surface area contributed by atoms with Crippen LogP contribution in [-0.4, -0.2) is 4.57 Å². The first kappa shape index (κ1) is 38.5. The van der Waals surface area contributed by atoms with Gasteiger partial charge in [0, 0.05) is 62.5 Å². The van der Waals surface area contributed by atoms with Crippen LogP contribution in [0.25, 0.3) is 60.8 Å². The number of anilines is 6. The van der Waals surface area contributed by atoms with Crippen molar-refractivity contribution in [3.05, 3.63) is 261 Å². The van der Waals surface area contributed by atoms with E-state index >= 15 is 0 Å². The van der Waals surface area contributed by atoms with Crippen molar-refractivity contribution in [2.24, 2.45) is 0 Å². The molecule has 304 valence electrons. The standard InChI is InChI=1S/C61H45N3/c1-44-19-7-6-18-40-62-60-39-34-47(45-30-35-53(36-31-45)63(49-20-8-2-9-21-49)50-22-10-3-11-23-50)41-57(60)59-43-48(42-58(61(59)62)56-29-17-16-28-55(44)56)46-32-37-54(38-33-46)64(51-24-12-4-13-25-51)52-26-14-5-15-27-52/h2-39,41-43H,1,40H2/b18-6-,19-7-. The van der Waals surface area contributed by atoms with Gasteiger partial charge in [-0.2, -0.15) is 0 Å². The second-order valence-electron chi connectivity index (χ2n) is 16.2. The average Bonchev–Trinajstić information content (AvgIpc) is 3.66. The summed E-state index contributed by atoms with van der Waals surface area (Å²) in [5, 5.41) is 2.45. The van der Waals surface area contributed by atoms with Crippen LogP contribution in [-0.2, 0) is 6.54 Å². The van der Waals surface area contributed by atoms with Crippen molar-refractivity contribution >= 4 is 61.5 Å². The lowest BCUT2D eigenvalue weighted by molar-refractivity contribution is 0.900. The Kier molecular flexibility index (Phi) is 10.1. The van der Waals surface area contributed by atoms with Crippen LogP contribution in [0.5, 0.6) is 0 Å². The molecule has 0 N–H and O–H groups in total. The van der Waals surface area contributed by atoms with Crippen molar-refractivity contribution in [3.8, 4) is 33.4 Å². The van der Waals surface area contributed by atoms with E-state index in [1.807, 2.05) is 0 Å². The smallest absolute Gasteiger partial charge is 0.0574 e. The van der Waals surface area contributed by atoms with E-state index in [1.165, 1.54) is 44.1 Å². The Morgan fingerprint density at radius 3 is 1.33 bits per heavy atom. The fourth-order valence-corrected chi connectivity index (χ4v) is 9.29. The van der Waals surface area contributed by atoms with Gasteiger partial charge in [0.25, 0.3) is 0 Å². The topological polar surface area (TPSA) is 11.4 Å². The quantitative estimate of drug-likeness (QED) is 0.151. The van der Waals surface area contributed by atoms with E-state index in [1.54, 1.807) is 0 Å². The average molecular weight is 820 g/mol. The van der Waals surface area contributed by atoms with E-state index in [4.69, 9.17) is 0 Å². The Morgan fingerprint density at radius 1 is 0.359 bits per heavy atom. The minimum Gasteiger partial charge on any atom is -0.336 e. The Bertz CT molecular complexity index is 3250. The number of allylic oxidation sites excluding steroid dienone is 5. The van der Waals surface area contributed by atoms with Gasteiger partial charge >= 0.3 is 0 Å². The molecule has 1 aromatic heterocycles. The summed E-state index contributed by atoms with van der Waals surface area (Å²) in [5.74, 6) is 0. The maximum absolute atomic E-state index is 4.54. The minimum absolute atomic E-state index is 0.734. The molecule has 0 radical (unpaired) electrons. The number of rotatable bonds is 8. The summed E-state index contributed by atoms with van der Waals surface area (Å²) < 4.78 is 2.49. The molecule has 0 atom stereocenters. The summed E-state index contributed by atoms with van der Waals surface area (Å²) >= 11 is 0. The molecule has 0 fully saturated rings. The van der Waals surface area contributed by atoms with Crippen LogP contribution in [0.4, 0.5) is 34.1 Å². The van der Waals surface area contributed by atoms with Crippen molar-refractivity contribution in [1.29, 1.82) is 0 Å². The molecular weight excluding hydrogens is 775 g/mol. The van der Waals surface area contributed by atoms with Gasteiger partial charge in [-0.15, -0.1) is 0 Å². The third-order valence-electron chi connectivity index (χ3n) is 12.3. The Balaban J connectivity index is 1.07. The van der Waals surface area contributed by atoms with Crippen molar-refractivity contribution in [2.75, 3.05) is 9.80 Å². The third kappa shape index (κ3) is 7.19. The number of nitrogens with zero attached hydrogens (tertiary/aromatic N) is 3. The normalized spacial score (nSPS) is 13.2. The van der Waals surface area contributed by atoms with Gasteiger partial charge in [0.05, 0.1) is 5.52 Å². The molecule has 9 aromatic carbocycles. The van der Waals surface area contributed by atoms with Gasteiger partial charge in [0.15, 0.2) is 0 Å². The van der Waals surface area contributed by atoms with Crippen molar-refractivity contribution in [3.63, 3.8) is 0 Å². The first-order chi connectivity index (χ1) is 31.7. The van der Waals surface area contributed by atoms with Gasteiger partial charge in [-0.1, -0.05) is 158 Å². The number of benzene rings is 9. The first-order valence-electron chi connectivity index (χ1n) is 21.9. The molecule has 3 heteroatoms. The molecule has 0 amide bonds. The second-order valence-corrected chi connectivity index (χ2v) is 16.2. The number of hydrogen-bond acceptors (Lipinski definition) is 2. The van der Waals surface area contributed by atoms with Crippen LogP contribution in [0.15, 0.2) is 255 Å². The van der Waals surface area contributed by atoms with E-state index < -0.39 is 0 Å². The lowest BCUT2D eigenvalue weighted by Gasteiger charge is -2.25. The largest absolute Gasteiger partial charge is 0.336 e. The molecule has 1 aliphatic heterocycles. The Hall–Kier alpha value is -8.40. The van der Waals surface area contributed by atoms with Crippen LogP contribution in [0.1, 0.15) is 5.56 Å². The Morgan fingerprint density at radius 2 is 0.797 bits per heavy atom. The molecule has 0 unspecified atom stereocenters. The molecule has 0 spiro atoms. The molecule has 0 saturated carbocycles. The molecular formula is C61H45N3. The predicted molar refractivity (Wildman–Crippen MR) is 272 cm³/mol. The molecule has 64 heavy (non-hydrogen) atoms. The van der Waals surface area contributed by atoms with Crippen LogP contribution in [0.3, 0.4) is 0 Å². The molecule has 10 aromatic rings. The number of aromatic nitrogens is 1. The summed E-state index contributed by atoms with van der Waals surface area (Å²) in [6.45, 7) is 5.27. The van der Waals surface area contributed by atoms with E-state index in [2.05, 4.69) is 270 Å². The highest BCUT2D eigenvalue weighted by molar-refractivity contribution is 6.16. The zero-order chi connectivity index (χ0) is 42.8. The van der Waals surface area contributed by atoms with Gasteiger partial charge < -0.3 is 14.4 Å². The molecule has 2 heterocycles. The van der Waals surface area contributed by atoms with Crippen molar-refractivity contribution in [1.82, 2.24) is 4.57 Å². The third-order valence-corrected chi connectivity index (χ3v) is 12.3. The lowest BCUT2D eigenvalue weighted by atomic mass is 9.90. The molecule has 11 rings (SSSR count). The summed E-state index contributed by atoms with van der Waals surface area (Å²) in [5.41, 5.74) is 18.2. The van der Waals surface area contributed by atoms with Gasteiger partial charge in [-0.3, -0.25) is 0 Å². The van der Waals surface area contributed by atoms with Gasteiger partial charge in [0.1, 0.15) is 0 Å². The minimum atomic E-state index is 0.734. The maximum Gasteiger partial charge on any atom is 0.0574 e. The number of fused-ring (bicyclic) bond motifs is 5. The molecule has 0 bridgehead atoms. The lowest BCUT2D eigenvalue weighted by Crippen LogP contribution is -2.09. The molecule has 0 aliphatic carbocycles.